The molecule has 29 heavy (non-hydrogen) atoms. The van der Waals surface area contributed by atoms with Gasteiger partial charge in [-0.15, -0.1) is 0 Å². The second kappa shape index (κ2) is 7.05. The van der Waals surface area contributed by atoms with Crippen molar-refractivity contribution in [1.29, 1.82) is 0 Å². The van der Waals surface area contributed by atoms with Gasteiger partial charge in [0.2, 0.25) is 0 Å². The monoisotopic (exact) mass is 384 g/mol. The number of carbonyl (C=O) groups excluding carboxylic acids is 1. The SMILES string of the molecule is CN(CC1Cc2ccccc2O1)C(=O)c1cc(-c2cn[nH]c2)nc2ccccc12. The van der Waals surface area contributed by atoms with Crippen molar-refractivity contribution in [3.05, 3.63) is 78.1 Å². The summed E-state index contributed by atoms with van der Waals surface area (Å²) < 4.78 is 6.02. The van der Waals surface area contributed by atoms with E-state index in [0.717, 1.165) is 34.3 Å². The topological polar surface area (TPSA) is 71.1 Å². The van der Waals surface area contributed by atoms with E-state index in [-0.39, 0.29) is 12.0 Å². The first-order chi connectivity index (χ1) is 14.2. The number of H-pyrrole nitrogens is 1. The van der Waals surface area contributed by atoms with Crippen LogP contribution < -0.4 is 4.74 Å². The van der Waals surface area contributed by atoms with Crippen LogP contribution in [0.4, 0.5) is 0 Å². The van der Waals surface area contributed by atoms with Crippen LogP contribution in [0.15, 0.2) is 67.0 Å². The summed E-state index contributed by atoms with van der Waals surface area (Å²) in [4.78, 5) is 19.8. The molecule has 5 rings (SSSR count). The van der Waals surface area contributed by atoms with Crippen LogP contribution in [-0.4, -0.2) is 45.7 Å². The summed E-state index contributed by atoms with van der Waals surface area (Å²) >= 11 is 0. The maximum atomic E-state index is 13.4. The molecule has 1 unspecified atom stereocenters. The number of carbonyl (C=O) groups is 1. The van der Waals surface area contributed by atoms with Crippen LogP contribution >= 0.6 is 0 Å². The summed E-state index contributed by atoms with van der Waals surface area (Å²) in [6.45, 7) is 0.519. The predicted molar refractivity (Wildman–Crippen MR) is 111 cm³/mol. The lowest BCUT2D eigenvalue weighted by atomic mass is 10.0. The van der Waals surface area contributed by atoms with Crippen molar-refractivity contribution in [3.8, 4) is 17.0 Å². The zero-order chi connectivity index (χ0) is 19.8. The standard InChI is InChI=1S/C23H20N4O2/c1-27(14-17-10-15-6-2-5-9-22(15)29-17)23(28)19-11-21(16-12-24-25-13-16)26-20-8-4-3-7-18(19)20/h2-9,11-13,17H,10,14H2,1H3,(H,24,25). The Morgan fingerprint density at radius 1 is 1.21 bits per heavy atom. The van der Waals surface area contributed by atoms with Gasteiger partial charge in [0, 0.05) is 30.6 Å². The first-order valence-electron chi connectivity index (χ1n) is 9.58. The van der Waals surface area contributed by atoms with Gasteiger partial charge < -0.3 is 9.64 Å². The zero-order valence-electron chi connectivity index (χ0n) is 16.0. The lowest BCUT2D eigenvalue weighted by molar-refractivity contribution is 0.0732. The molecule has 0 saturated heterocycles. The van der Waals surface area contributed by atoms with E-state index in [0.29, 0.717) is 12.1 Å². The number of pyridine rings is 1. The Bertz CT molecular complexity index is 1160. The number of rotatable bonds is 4. The highest BCUT2D eigenvalue weighted by molar-refractivity contribution is 6.07. The largest absolute Gasteiger partial charge is 0.488 e. The Morgan fingerprint density at radius 3 is 2.86 bits per heavy atom. The predicted octanol–water partition coefficient (Wildman–Crippen LogP) is 3.70. The highest BCUT2D eigenvalue weighted by Crippen LogP contribution is 2.29. The van der Waals surface area contributed by atoms with Crippen molar-refractivity contribution < 1.29 is 9.53 Å². The molecule has 0 spiro atoms. The summed E-state index contributed by atoms with van der Waals surface area (Å²) in [5.41, 5.74) is 4.17. The smallest absolute Gasteiger partial charge is 0.254 e. The van der Waals surface area contributed by atoms with E-state index >= 15 is 0 Å². The van der Waals surface area contributed by atoms with Gasteiger partial charge in [0.15, 0.2) is 0 Å². The van der Waals surface area contributed by atoms with Gasteiger partial charge in [0.05, 0.1) is 29.5 Å². The molecule has 144 valence electrons. The molecule has 0 aliphatic carbocycles. The third kappa shape index (κ3) is 3.23. The number of aromatic amines is 1. The molecule has 3 heterocycles. The number of fused-ring (bicyclic) bond motifs is 2. The van der Waals surface area contributed by atoms with E-state index in [9.17, 15) is 4.79 Å². The molecule has 0 fully saturated rings. The number of amides is 1. The Labute approximate surface area is 168 Å². The molecule has 6 nitrogen and oxygen atoms in total. The van der Waals surface area contributed by atoms with Crippen LogP contribution in [0.3, 0.4) is 0 Å². The van der Waals surface area contributed by atoms with Crippen LogP contribution in [0.5, 0.6) is 5.75 Å². The highest BCUT2D eigenvalue weighted by Gasteiger charge is 2.26. The van der Waals surface area contributed by atoms with Gasteiger partial charge in [-0.25, -0.2) is 4.98 Å². The van der Waals surface area contributed by atoms with Crippen molar-refractivity contribution in [2.24, 2.45) is 0 Å². The average Bonchev–Trinajstić information content (AvgIpc) is 3.42. The van der Waals surface area contributed by atoms with E-state index in [1.54, 1.807) is 17.3 Å². The van der Waals surface area contributed by atoms with Gasteiger partial charge >= 0.3 is 0 Å². The molecule has 1 aliphatic heterocycles. The van der Waals surface area contributed by atoms with Gasteiger partial charge in [-0.3, -0.25) is 9.89 Å². The minimum Gasteiger partial charge on any atom is -0.488 e. The first-order valence-corrected chi connectivity index (χ1v) is 9.58. The third-order valence-electron chi connectivity index (χ3n) is 5.28. The van der Waals surface area contributed by atoms with Crippen molar-refractivity contribution in [2.45, 2.75) is 12.5 Å². The van der Waals surface area contributed by atoms with Gasteiger partial charge in [0.1, 0.15) is 11.9 Å². The molecule has 0 radical (unpaired) electrons. The van der Waals surface area contributed by atoms with E-state index in [1.807, 2.05) is 55.6 Å². The molecule has 4 aromatic rings. The summed E-state index contributed by atoms with van der Waals surface area (Å²) in [6, 6.07) is 17.6. The van der Waals surface area contributed by atoms with Crippen LogP contribution in [0.1, 0.15) is 15.9 Å². The number of likely N-dealkylation sites (N-methyl/N-ethyl adjacent to an activating group) is 1. The fraction of sp³-hybridized carbons (Fsp3) is 0.174. The molecule has 2 aromatic carbocycles. The van der Waals surface area contributed by atoms with Crippen LogP contribution in [0.25, 0.3) is 22.2 Å². The Morgan fingerprint density at radius 2 is 2.03 bits per heavy atom. The minimum atomic E-state index is -0.0482. The van der Waals surface area contributed by atoms with Crippen LogP contribution in [0, 0.1) is 0 Å². The maximum Gasteiger partial charge on any atom is 0.254 e. The second-order valence-electron chi connectivity index (χ2n) is 7.30. The van der Waals surface area contributed by atoms with E-state index in [4.69, 9.17) is 9.72 Å². The minimum absolute atomic E-state index is 0.0391. The molecule has 0 saturated carbocycles. The Hall–Kier alpha value is -3.67. The third-order valence-corrected chi connectivity index (χ3v) is 5.28. The zero-order valence-corrected chi connectivity index (χ0v) is 16.0. The van der Waals surface area contributed by atoms with Gasteiger partial charge in [-0.05, 0) is 23.8 Å². The summed E-state index contributed by atoms with van der Waals surface area (Å²) in [5.74, 6) is 0.864. The molecule has 0 bridgehead atoms. The molecular formula is C23H20N4O2. The summed E-state index contributed by atoms with van der Waals surface area (Å²) in [5, 5.41) is 7.64. The number of ether oxygens (including phenoxy) is 1. The highest BCUT2D eigenvalue weighted by atomic mass is 16.5. The van der Waals surface area contributed by atoms with E-state index in [2.05, 4.69) is 16.3 Å². The maximum absolute atomic E-state index is 13.4. The van der Waals surface area contributed by atoms with Crippen molar-refractivity contribution in [3.63, 3.8) is 0 Å². The first kappa shape index (κ1) is 17.4. The number of hydrogen-bond acceptors (Lipinski definition) is 4. The van der Waals surface area contributed by atoms with Gasteiger partial charge in [-0.2, -0.15) is 5.10 Å². The quantitative estimate of drug-likeness (QED) is 0.582. The average molecular weight is 384 g/mol. The van der Waals surface area contributed by atoms with Crippen molar-refractivity contribution in [2.75, 3.05) is 13.6 Å². The van der Waals surface area contributed by atoms with Crippen molar-refractivity contribution >= 4 is 16.8 Å². The fourth-order valence-electron chi connectivity index (χ4n) is 3.84. The molecule has 1 aliphatic rings. The molecular weight excluding hydrogens is 364 g/mol. The summed E-state index contributed by atoms with van der Waals surface area (Å²) in [7, 11) is 1.82. The van der Waals surface area contributed by atoms with Crippen LogP contribution in [-0.2, 0) is 6.42 Å². The molecule has 1 N–H and O–H groups in total. The number of benzene rings is 2. The number of para-hydroxylation sites is 2. The Kier molecular flexibility index (Phi) is 4.24. The van der Waals surface area contributed by atoms with E-state index in [1.165, 1.54) is 5.56 Å². The molecule has 2 aromatic heterocycles. The summed E-state index contributed by atoms with van der Waals surface area (Å²) in [6.07, 6.45) is 4.26. The lowest BCUT2D eigenvalue weighted by Gasteiger charge is -2.22. The van der Waals surface area contributed by atoms with Crippen molar-refractivity contribution in [1.82, 2.24) is 20.1 Å². The number of aromatic nitrogens is 3. The number of nitrogens with one attached hydrogen (secondary N) is 1. The number of nitrogens with zero attached hydrogens (tertiary/aromatic N) is 3. The van der Waals surface area contributed by atoms with Gasteiger partial charge in [-0.1, -0.05) is 36.4 Å². The van der Waals surface area contributed by atoms with Crippen LogP contribution in [0.2, 0.25) is 0 Å². The molecule has 6 heteroatoms. The Balaban J connectivity index is 1.44. The molecule has 1 amide bonds. The molecule has 1 atom stereocenters. The normalized spacial score (nSPS) is 15.1. The van der Waals surface area contributed by atoms with Gasteiger partial charge in [0.25, 0.3) is 5.91 Å². The van der Waals surface area contributed by atoms with E-state index < -0.39 is 0 Å². The second-order valence-corrected chi connectivity index (χ2v) is 7.30. The lowest BCUT2D eigenvalue weighted by Crippen LogP contribution is -2.36. The fourth-order valence-corrected chi connectivity index (χ4v) is 3.84. The number of hydrogen-bond donors (Lipinski definition) is 1.